The zero-order chi connectivity index (χ0) is 23.0. The molecule has 2 aliphatic heterocycles. The van der Waals surface area contributed by atoms with Crippen molar-refractivity contribution in [1.29, 1.82) is 0 Å². The fourth-order valence-corrected chi connectivity index (χ4v) is 4.43. The van der Waals surface area contributed by atoms with Gasteiger partial charge in [0.1, 0.15) is 49.3 Å². The highest BCUT2D eigenvalue weighted by Gasteiger charge is 2.60. The molecule has 11 heteroatoms. The summed E-state index contributed by atoms with van der Waals surface area (Å²) in [6.07, 6.45) is -4.42. The summed E-state index contributed by atoms with van der Waals surface area (Å²) in [6.45, 7) is 0.612. The number of hydrogen-bond donors (Lipinski definition) is 0. The van der Waals surface area contributed by atoms with Crippen LogP contribution in [0.5, 0.6) is 0 Å². The molecule has 0 saturated carbocycles. The van der Waals surface area contributed by atoms with E-state index in [0.29, 0.717) is 0 Å². The van der Waals surface area contributed by atoms with E-state index in [9.17, 15) is 0 Å². The second kappa shape index (κ2) is 12.7. The van der Waals surface area contributed by atoms with E-state index in [1.54, 1.807) is 56.9 Å². The van der Waals surface area contributed by atoms with Gasteiger partial charge in [-0.2, -0.15) is 0 Å². The maximum absolute atomic E-state index is 6.45. The molecule has 2 rings (SSSR count). The molecular weight excluding hydrogens is 416 g/mol. The van der Waals surface area contributed by atoms with E-state index in [0.717, 1.165) is 0 Å². The Hall–Kier alpha value is -0.440. The van der Waals surface area contributed by atoms with Gasteiger partial charge in [0.2, 0.25) is 5.79 Å². The highest BCUT2D eigenvalue weighted by molar-refractivity contribution is 5.01. The van der Waals surface area contributed by atoms with Crippen molar-refractivity contribution < 1.29 is 52.1 Å². The lowest BCUT2D eigenvalue weighted by molar-refractivity contribution is -0.390. The lowest BCUT2D eigenvalue weighted by Gasteiger charge is -2.47. The molecule has 0 radical (unpaired) electrons. The predicted octanol–water partition coefficient (Wildman–Crippen LogP) is -0.163. The highest BCUT2D eigenvalue weighted by atomic mass is 16.8. The normalized spacial score (nSPS) is 41.0. The van der Waals surface area contributed by atoms with E-state index in [2.05, 4.69) is 0 Å². The Bertz CT molecular complexity index is 510. The third kappa shape index (κ3) is 5.56. The van der Waals surface area contributed by atoms with Crippen LogP contribution < -0.4 is 0 Å². The first-order valence-electron chi connectivity index (χ1n) is 10.1. The minimum Gasteiger partial charge on any atom is -0.382 e. The van der Waals surface area contributed by atoms with Crippen LogP contribution in [0.2, 0.25) is 0 Å². The van der Waals surface area contributed by atoms with Crippen LogP contribution in [0.4, 0.5) is 0 Å². The van der Waals surface area contributed by atoms with E-state index in [1.165, 1.54) is 0 Å². The molecule has 0 spiro atoms. The van der Waals surface area contributed by atoms with Crippen LogP contribution in [0.1, 0.15) is 0 Å². The summed E-state index contributed by atoms with van der Waals surface area (Å²) in [6, 6.07) is 0. The summed E-state index contributed by atoms with van der Waals surface area (Å²) in [5.41, 5.74) is 0. The fraction of sp³-hybridized carbons (Fsp3) is 1.00. The number of rotatable bonds is 13. The Morgan fingerprint density at radius 3 is 1.68 bits per heavy atom. The second-order valence-electron chi connectivity index (χ2n) is 7.43. The second-order valence-corrected chi connectivity index (χ2v) is 7.43. The maximum Gasteiger partial charge on any atom is 0.224 e. The quantitative estimate of drug-likeness (QED) is 0.371. The molecule has 0 aliphatic carbocycles. The van der Waals surface area contributed by atoms with Crippen molar-refractivity contribution in [2.45, 2.75) is 54.8 Å². The third-order valence-corrected chi connectivity index (χ3v) is 5.71. The van der Waals surface area contributed by atoms with Crippen LogP contribution in [-0.2, 0) is 52.1 Å². The summed E-state index contributed by atoms with van der Waals surface area (Å²) in [7, 11) is 12.6. The smallest absolute Gasteiger partial charge is 0.224 e. The van der Waals surface area contributed by atoms with Crippen LogP contribution >= 0.6 is 0 Å². The van der Waals surface area contributed by atoms with Crippen LogP contribution in [-0.4, -0.2) is 132 Å². The molecule has 0 amide bonds. The average molecular weight is 455 g/mol. The Morgan fingerprint density at radius 1 is 0.613 bits per heavy atom. The molecular formula is C20H38O11. The summed E-state index contributed by atoms with van der Waals surface area (Å²) in [5, 5.41) is 0. The van der Waals surface area contributed by atoms with E-state index >= 15 is 0 Å². The molecule has 2 heterocycles. The van der Waals surface area contributed by atoms with Gasteiger partial charge in [-0.25, -0.2) is 0 Å². The van der Waals surface area contributed by atoms with Crippen LogP contribution in [0.3, 0.4) is 0 Å². The zero-order valence-corrected chi connectivity index (χ0v) is 19.7. The zero-order valence-electron chi connectivity index (χ0n) is 19.7. The van der Waals surface area contributed by atoms with Gasteiger partial charge < -0.3 is 52.1 Å². The summed E-state index contributed by atoms with van der Waals surface area (Å²) < 4.78 is 63.5. The van der Waals surface area contributed by atoms with Crippen molar-refractivity contribution in [1.82, 2.24) is 0 Å². The Labute approximate surface area is 184 Å². The lowest BCUT2D eigenvalue weighted by Crippen LogP contribution is -2.64. The number of ether oxygens (including phenoxy) is 11. The first kappa shape index (κ1) is 26.8. The Morgan fingerprint density at radius 2 is 1.19 bits per heavy atom. The fourth-order valence-electron chi connectivity index (χ4n) is 4.43. The van der Waals surface area contributed by atoms with Crippen molar-refractivity contribution in [3.05, 3.63) is 0 Å². The van der Waals surface area contributed by atoms with Crippen LogP contribution in [0, 0.1) is 0 Å². The Balaban J connectivity index is 2.38. The topological polar surface area (TPSA) is 102 Å². The molecule has 0 aromatic carbocycles. The molecule has 2 aliphatic rings. The van der Waals surface area contributed by atoms with Gasteiger partial charge in [0.25, 0.3) is 0 Å². The van der Waals surface area contributed by atoms with Crippen LogP contribution in [0.15, 0.2) is 0 Å². The van der Waals surface area contributed by atoms with Crippen molar-refractivity contribution in [3.8, 4) is 0 Å². The van der Waals surface area contributed by atoms with Gasteiger partial charge in [0, 0.05) is 56.9 Å². The van der Waals surface area contributed by atoms with Crippen molar-refractivity contribution >= 4 is 0 Å². The molecule has 2 fully saturated rings. The Kier molecular flexibility index (Phi) is 11.0. The molecule has 0 aromatic rings. The third-order valence-electron chi connectivity index (χ3n) is 5.71. The van der Waals surface area contributed by atoms with Gasteiger partial charge >= 0.3 is 0 Å². The maximum atomic E-state index is 6.45. The summed E-state index contributed by atoms with van der Waals surface area (Å²) in [4.78, 5) is 0. The van der Waals surface area contributed by atoms with E-state index in [-0.39, 0.29) is 19.8 Å². The molecule has 11 nitrogen and oxygen atoms in total. The van der Waals surface area contributed by atoms with Gasteiger partial charge in [-0.3, -0.25) is 0 Å². The molecule has 0 aromatic heterocycles. The van der Waals surface area contributed by atoms with Gasteiger partial charge in [-0.05, 0) is 0 Å². The molecule has 0 bridgehead atoms. The van der Waals surface area contributed by atoms with Crippen molar-refractivity contribution in [2.75, 3.05) is 76.7 Å². The lowest BCUT2D eigenvalue weighted by atomic mass is 9.98. The monoisotopic (exact) mass is 454 g/mol. The minimum atomic E-state index is -1.34. The van der Waals surface area contributed by atoms with Gasteiger partial charge in [-0.1, -0.05) is 0 Å². The average Bonchev–Trinajstić information content (AvgIpc) is 3.05. The number of hydrogen-bond acceptors (Lipinski definition) is 11. The largest absolute Gasteiger partial charge is 0.382 e. The van der Waals surface area contributed by atoms with E-state index < -0.39 is 54.8 Å². The highest BCUT2D eigenvalue weighted by Crippen LogP contribution is 2.40. The van der Waals surface area contributed by atoms with Gasteiger partial charge in [0.05, 0.1) is 13.2 Å². The first-order chi connectivity index (χ1) is 15.0. The van der Waals surface area contributed by atoms with E-state index in [1.807, 2.05) is 0 Å². The SMILES string of the molecule is COCC1O[C@@H](O[C@@]2(COC)O[C@H](COC)[C@H](OC)C2OC)C(OC)C(OC)[C@@H]1OC. The molecule has 184 valence electrons. The van der Waals surface area contributed by atoms with Crippen molar-refractivity contribution in [3.63, 3.8) is 0 Å². The summed E-state index contributed by atoms with van der Waals surface area (Å²) >= 11 is 0. The van der Waals surface area contributed by atoms with E-state index in [4.69, 9.17) is 52.1 Å². The van der Waals surface area contributed by atoms with Crippen molar-refractivity contribution in [2.24, 2.45) is 0 Å². The molecule has 31 heavy (non-hydrogen) atoms. The van der Waals surface area contributed by atoms with Gasteiger partial charge in [0.15, 0.2) is 6.29 Å². The number of methoxy groups -OCH3 is 8. The predicted molar refractivity (Wildman–Crippen MR) is 107 cm³/mol. The standard InChI is InChI=1S/C20H38O11/c1-21-9-12-14(24-4)16(26-6)17(27-7)19(29-12)31-20(11-23-3)18(28-8)15(25-5)13(30-20)10-22-2/h12-19H,9-11H2,1-8H3/t12?,13-,14-,15+,16?,17?,18?,19+,20-/m1/s1. The molecule has 9 atom stereocenters. The van der Waals surface area contributed by atoms with Gasteiger partial charge in [-0.15, -0.1) is 0 Å². The molecule has 2 saturated heterocycles. The molecule has 4 unspecified atom stereocenters. The minimum absolute atomic E-state index is 0.0577. The summed E-state index contributed by atoms with van der Waals surface area (Å²) in [5.74, 6) is -1.34. The molecule has 0 N–H and O–H groups in total. The van der Waals surface area contributed by atoms with Crippen LogP contribution in [0.25, 0.3) is 0 Å². The first-order valence-corrected chi connectivity index (χ1v) is 10.1.